The Morgan fingerprint density at radius 1 is 0.810 bits per heavy atom. The molecule has 0 saturated heterocycles. The monoisotopic (exact) mass is 299 g/mol. The van der Waals surface area contributed by atoms with E-state index < -0.39 is 5.95 Å². The smallest absolute Gasteiger partial charge is 0.269 e. The van der Waals surface area contributed by atoms with Gasteiger partial charge in [-0.25, -0.2) is 0 Å². The number of hydrogen-bond donors (Lipinski definition) is 3. The number of nitrogens with two attached hydrogens (primary N) is 1. The predicted octanol–water partition coefficient (Wildman–Crippen LogP) is 5.75. The van der Waals surface area contributed by atoms with Crippen molar-refractivity contribution in [2.24, 2.45) is 5.73 Å². The highest BCUT2D eigenvalue weighted by molar-refractivity contribution is 4.78. The average Bonchev–Trinajstić information content (AvgIpc) is 2.45. The first kappa shape index (κ1) is 20.3. The molecule has 0 bridgehead atoms. The van der Waals surface area contributed by atoms with E-state index in [0.717, 1.165) is 25.7 Å². The highest BCUT2D eigenvalue weighted by Gasteiger charge is 2.02. The van der Waals surface area contributed by atoms with Crippen molar-refractivity contribution in [2.45, 2.75) is 103 Å². The molecule has 0 radical (unpaired) electrons. The zero-order valence-corrected chi connectivity index (χ0v) is 14.0. The average molecular weight is 299 g/mol. The molecule has 0 aromatic heterocycles. The van der Waals surface area contributed by atoms with Crippen molar-refractivity contribution < 1.29 is 10.2 Å². The van der Waals surface area contributed by atoms with Crippen LogP contribution in [0.25, 0.3) is 0 Å². The van der Waals surface area contributed by atoms with Gasteiger partial charge < -0.3 is 15.9 Å². The minimum absolute atomic E-state index is 0.377. The van der Waals surface area contributed by atoms with Gasteiger partial charge in [0.15, 0.2) is 0 Å². The molecule has 1 atom stereocenters. The summed E-state index contributed by atoms with van der Waals surface area (Å²) in [4.78, 5) is 0. The van der Waals surface area contributed by atoms with E-state index in [1.807, 2.05) is 0 Å². The van der Waals surface area contributed by atoms with Crippen molar-refractivity contribution in [2.75, 3.05) is 0 Å². The van der Waals surface area contributed by atoms with Crippen molar-refractivity contribution in [1.29, 1.82) is 0 Å². The summed E-state index contributed by atoms with van der Waals surface area (Å²) < 4.78 is 0. The van der Waals surface area contributed by atoms with Crippen LogP contribution in [0.2, 0.25) is 0 Å². The normalized spacial score (nSPS) is 12.3. The molecule has 0 saturated carbocycles. The van der Waals surface area contributed by atoms with Gasteiger partial charge in [0.1, 0.15) is 0 Å². The molecule has 4 N–H and O–H groups in total. The lowest BCUT2D eigenvalue weighted by molar-refractivity contribution is 0.189. The van der Waals surface area contributed by atoms with Crippen LogP contribution in [-0.2, 0) is 0 Å². The predicted molar refractivity (Wildman–Crippen MR) is 91.6 cm³/mol. The van der Waals surface area contributed by atoms with Crippen LogP contribution in [0.15, 0.2) is 12.0 Å². The molecule has 0 aromatic carbocycles. The fourth-order valence-corrected chi connectivity index (χ4v) is 2.64. The molecule has 3 nitrogen and oxygen atoms in total. The van der Waals surface area contributed by atoms with Gasteiger partial charge in [-0.3, -0.25) is 0 Å². The molecule has 0 rings (SSSR count). The van der Waals surface area contributed by atoms with Crippen LogP contribution in [0.1, 0.15) is 96.8 Å². The van der Waals surface area contributed by atoms with Gasteiger partial charge >= 0.3 is 0 Å². The highest BCUT2D eigenvalue weighted by atomic mass is 16.5. The Morgan fingerprint density at radius 2 is 1.29 bits per heavy atom. The van der Waals surface area contributed by atoms with E-state index in [0.29, 0.717) is 6.04 Å². The molecule has 0 aromatic rings. The molecule has 0 heterocycles. The lowest BCUT2D eigenvalue weighted by atomic mass is 10.0. The van der Waals surface area contributed by atoms with Gasteiger partial charge in [0, 0.05) is 6.04 Å². The fourth-order valence-electron chi connectivity index (χ4n) is 2.64. The van der Waals surface area contributed by atoms with Gasteiger partial charge in [-0.1, -0.05) is 71.1 Å². The molecule has 0 amide bonds. The summed E-state index contributed by atoms with van der Waals surface area (Å²) in [5.74, 6) is -0.549. The summed E-state index contributed by atoms with van der Waals surface area (Å²) in [6.45, 7) is 2.26. The molecule has 126 valence electrons. The van der Waals surface area contributed by atoms with Crippen LogP contribution in [0.5, 0.6) is 0 Å². The Bertz CT molecular complexity index is 237. The summed E-state index contributed by atoms with van der Waals surface area (Å²) in [6.07, 6.45) is 18.6. The van der Waals surface area contributed by atoms with Crippen LogP contribution in [0.4, 0.5) is 0 Å². The summed E-state index contributed by atoms with van der Waals surface area (Å²) in [5.41, 5.74) is 6.14. The molecule has 0 fully saturated rings. The number of rotatable bonds is 15. The Morgan fingerprint density at radius 3 is 1.81 bits per heavy atom. The molecular formula is C18H37NO2. The Balaban J connectivity index is 3.20. The van der Waals surface area contributed by atoms with Crippen LogP contribution in [0, 0.1) is 0 Å². The van der Waals surface area contributed by atoms with Crippen molar-refractivity contribution in [3.05, 3.63) is 12.0 Å². The second-order valence-electron chi connectivity index (χ2n) is 6.22. The SMILES string of the molecule is CCCCCCCCCC(N)CCCCCCC=C(O)O. The van der Waals surface area contributed by atoms with E-state index in [1.54, 1.807) is 0 Å². The summed E-state index contributed by atoms with van der Waals surface area (Å²) >= 11 is 0. The Hall–Kier alpha value is -0.700. The molecule has 0 aliphatic carbocycles. The topological polar surface area (TPSA) is 66.5 Å². The third kappa shape index (κ3) is 17.2. The maximum atomic E-state index is 8.59. The van der Waals surface area contributed by atoms with Gasteiger partial charge in [-0.2, -0.15) is 0 Å². The van der Waals surface area contributed by atoms with Crippen molar-refractivity contribution in [3.63, 3.8) is 0 Å². The van der Waals surface area contributed by atoms with Crippen molar-refractivity contribution in [3.8, 4) is 0 Å². The van der Waals surface area contributed by atoms with E-state index >= 15 is 0 Å². The van der Waals surface area contributed by atoms with Gasteiger partial charge in [0.2, 0.25) is 0 Å². The van der Waals surface area contributed by atoms with Gasteiger partial charge in [-0.05, 0) is 31.8 Å². The van der Waals surface area contributed by atoms with Gasteiger partial charge in [-0.15, -0.1) is 0 Å². The summed E-state index contributed by atoms with van der Waals surface area (Å²) in [6, 6.07) is 0.377. The van der Waals surface area contributed by atoms with E-state index in [4.69, 9.17) is 15.9 Å². The van der Waals surface area contributed by atoms with Crippen LogP contribution in [0.3, 0.4) is 0 Å². The molecule has 3 heteroatoms. The molecule has 0 spiro atoms. The quantitative estimate of drug-likeness (QED) is 0.266. The van der Waals surface area contributed by atoms with Crippen molar-refractivity contribution >= 4 is 0 Å². The van der Waals surface area contributed by atoms with Crippen molar-refractivity contribution in [1.82, 2.24) is 0 Å². The van der Waals surface area contributed by atoms with Crippen LogP contribution >= 0.6 is 0 Å². The second kappa shape index (κ2) is 15.7. The minimum atomic E-state index is -0.549. The van der Waals surface area contributed by atoms with Crippen LogP contribution in [-0.4, -0.2) is 16.3 Å². The number of allylic oxidation sites excluding steroid dienone is 1. The third-order valence-corrected chi connectivity index (χ3v) is 4.03. The molecule has 0 aliphatic heterocycles. The first-order chi connectivity index (χ1) is 10.2. The number of aliphatic hydroxyl groups is 2. The molecule has 1 unspecified atom stereocenters. The van der Waals surface area contributed by atoms with E-state index in [9.17, 15) is 0 Å². The maximum Gasteiger partial charge on any atom is 0.269 e. The number of hydrogen-bond acceptors (Lipinski definition) is 3. The first-order valence-corrected chi connectivity index (χ1v) is 9.00. The summed E-state index contributed by atoms with van der Waals surface area (Å²) in [7, 11) is 0. The van der Waals surface area contributed by atoms with Crippen LogP contribution < -0.4 is 5.73 Å². The highest BCUT2D eigenvalue weighted by Crippen LogP contribution is 2.13. The van der Waals surface area contributed by atoms with E-state index in [-0.39, 0.29) is 0 Å². The standard InChI is InChI=1S/C18H37NO2/c1-2-3-4-5-6-8-11-14-17(19)15-12-9-7-10-13-16-18(20)21/h16-17,20-21H,2-15,19H2,1H3. The Kier molecular flexibility index (Phi) is 15.2. The van der Waals surface area contributed by atoms with E-state index in [1.165, 1.54) is 70.3 Å². The second-order valence-corrected chi connectivity index (χ2v) is 6.22. The fraction of sp³-hybridized carbons (Fsp3) is 0.889. The lowest BCUT2D eigenvalue weighted by Crippen LogP contribution is -2.19. The number of aliphatic hydroxyl groups excluding tert-OH is 1. The first-order valence-electron chi connectivity index (χ1n) is 9.00. The zero-order valence-electron chi connectivity index (χ0n) is 14.0. The lowest BCUT2D eigenvalue weighted by Gasteiger charge is -2.11. The molecule has 21 heavy (non-hydrogen) atoms. The third-order valence-electron chi connectivity index (χ3n) is 4.03. The Labute approximate surface area is 131 Å². The molecule has 0 aliphatic rings. The van der Waals surface area contributed by atoms with E-state index in [2.05, 4.69) is 6.92 Å². The largest absolute Gasteiger partial charge is 0.481 e. The van der Waals surface area contributed by atoms with Gasteiger partial charge in [0.05, 0.1) is 0 Å². The van der Waals surface area contributed by atoms with Gasteiger partial charge in [0.25, 0.3) is 5.95 Å². The zero-order chi connectivity index (χ0) is 15.8. The maximum absolute atomic E-state index is 8.59. The minimum Gasteiger partial charge on any atom is -0.481 e. The number of unbranched alkanes of at least 4 members (excludes halogenated alkanes) is 10. The molecular weight excluding hydrogens is 262 g/mol. The summed E-state index contributed by atoms with van der Waals surface area (Å²) in [5, 5.41) is 17.2.